The van der Waals surface area contributed by atoms with Crippen molar-refractivity contribution < 1.29 is 4.79 Å². The number of hydrogen-bond donors (Lipinski definition) is 3. The summed E-state index contributed by atoms with van der Waals surface area (Å²) in [6.45, 7) is 2.44. The van der Waals surface area contributed by atoms with Gasteiger partial charge in [0.15, 0.2) is 0 Å². The van der Waals surface area contributed by atoms with Crippen molar-refractivity contribution in [3.05, 3.63) is 0 Å². The Labute approximate surface area is 85.4 Å². The van der Waals surface area contributed by atoms with Gasteiger partial charge < -0.3 is 16.8 Å². The van der Waals surface area contributed by atoms with Gasteiger partial charge in [-0.05, 0) is 26.2 Å². The van der Waals surface area contributed by atoms with Crippen LogP contribution in [0.25, 0.3) is 0 Å². The summed E-state index contributed by atoms with van der Waals surface area (Å²) in [6, 6.07) is 0.228. The molecule has 14 heavy (non-hydrogen) atoms. The van der Waals surface area contributed by atoms with Gasteiger partial charge >= 0.3 is 0 Å². The largest absolute Gasteiger partial charge is 0.354 e. The minimum atomic E-state index is 0.0243. The second-order valence-corrected chi connectivity index (χ2v) is 4.35. The normalized spacial score (nSPS) is 29.6. The second kappa shape index (κ2) is 5.32. The Morgan fingerprint density at radius 1 is 1.57 bits per heavy atom. The number of carbonyl (C=O) groups excluding carboxylic acids is 1. The molecule has 1 saturated carbocycles. The van der Waals surface area contributed by atoms with Gasteiger partial charge in [0.2, 0.25) is 5.91 Å². The first-order valence-corrected chi connectivity index (χ1v) is 5.38. The third-order valence-electron chi connectivity index (χ3n) is 2.68. The molecule has 0 spiro atoms. The van der Waals surface area contributed by atoms with Crippen LogP contribution in [-0.2, 0) is 4.79 Å². The lowest BCUT2D eigenvalue weighted by Crippen LogP contribution is -2.41. The summed E-state index contributed by atoms with van der Waals surface area (Å²) >= 11 is 0. The van der Waals surface area contributed by atoms with E-state index in [0.717, 1.165) is 25.7 Å². The first kappa shape index (κ1) is 11.5. The highest BCUT2D eigenvalue weighted by atomic mass is 16.1. The van der Waals surface area contributed by atoms with E-state index in [1.54, 1.807) is 0 Å². The fourth-order valence-corrected chi connectivity index (χ4v) is 1.87. The van der Waals surface area contributed by atoms with Crippen LogP contribution in [0.15, 0.2) is 0 Å². The van der Waals surface area contributed by atoms with Crippen molar-refractivity contribution in [3.63, 3.8) is 0 Å². The van der Waals surface area contributed by atoms with Crippen molar-refractivity contribution >= 4 is 5.91 Å². The number of nitrogens with one attached hydrogen (secondary N) is 1. The third-order valence-corrected chi connectivity index (χ3v) is 2.68. The predicted molar refractivity (Wildman–Crippen MR) is 56.6 cm³/mol. The molecule has 0 radical (unpaired) electrons. The summed E-state index contributed by atoms with van der Waals surface area (Å²) in [5.41, 5.74) is 11.4. The van der Waals surface area contributed by atoms with Crippen molar-refractivity contribution in [2.45, 2.75) is 44.7 Å². The zero-order chi connectivity index (χ0) is 10.6. The second-order valence-electron chi connectivity index (χ2n) is 4.35. The minimum absolute atomic E-state index is 0.0243. The maximum absolute atomic E-state index is 11.6. The highest BCUT2D eigenvalue weighted by Crippen LogP contribution is 2.22. The molecule has 0 aromatic carbocycles. The van der Waals surface area contributed by atoms with Crippen LogP contribution in [0.2, 0.25) is 0 Å². The molecule has 1 aliphatic carbocycles. The van der Waals surface area contributed by atoms with Crippen LogP contribution in [0.5, 0.6) is 0 Å². The molecule has 4 heteroatoms. The van der Waals surface area contributed by atoms with Gasteiger partial charge in [-0.25, -0.2) is 0 Å². The summed E-state index contributed by atoms with van der Waals surface area (Å²) in [7, 11) is 0. The predicted octanol–water partition coefficient (Wildman–Crippen LogP) is -0.0327. The van der Waals surface area contributed by atoms with Gasteiger partial charge in [0.25, 0.3) is 0 Å². The van der Waals surface area contributed by atoms with Crippen LogP contribution in [0, 0.1) is 5.92 Å². The van der Waals surface area contributed by atoms with Crippen LogP contribution in [-0.4, -0.2) is 24.5 Å². The molecule has 4 nitrogen and oxygen atoms in total. The molecule has 0 aromatic heterocycles. The molecule has 0 aliphatic heterocycles. The van der Waals surface area contributed by atoms with Crippen LogP contribution < -0.4 is 16.8 Å². The standard InChI is InChI=1S/C10H21N3O/c1-7(11)6-13-10(14)8-3-2-4-9(12)5-8/h7-9H,2-6,11-12H2,1H3,(H,13,14). The summed E-state index contributed by atoms with van der Waals surface area (Å²) in [6.07, 6.45) is 3.91. The fourth-order valence-electron chi connectivity index (χ4n) is 1.87. The van der Waals surface area contributed by atoms with Gasteiger partial charge in [-0.3, -0.25) is 4.79 Å². The Morgan fingerprint density at radius 2 is 2.29 bits per heavy atom. The van der Waals surface area contributed by atoms with E-state index in [4.69, 9.17) is 11.5 Å². The lowest BCUT2D eigenvalue weighted by atomic mass is 9.85. The highest BCUT2D eigenvalue weighted by molar-refractivity contribution is 5.78. The third kappa shape index (κ3) is 3.64. The Morgan fingerprint density at radius 3 is 2.86 bits per heavy atom. The monoisotopic (exact) mass is 199 g/mol. The van der Waals surface area contributed by atoms with E-state index in [2.05, 4.69) is 5.32 Å². The summed E-state index contributed by atoms with van der Waals surface area (Å²) in [4.78, 5) is 11.6. The van der Waals surface area contributed by atoms with E-state index < -0.39 is 0 Å². The Bertz CT molecular complexity index is 194. The van der Waals surface area contributed by atoms with E-state index in [0.29, 0.717) is 6.54 Å². The van der Waals surface area contributed by atoms with Crippen molar-refractivity contribution in [2.24, 2.45) is 17.4 Å². The molecule has 1 amide bonds. The lowest BCUT2D eigenvalue weighted by molar-refractivity contribution is -0.126. The van der Waals surface area contributed by atoms with Gasteiger partial charge in [-0.15, -0.1) is 0 Å². The van der Waals surface area contributed by atoms with E-state index in [1.165, 1.54) is 0 Å². The Hall–Kier alpha value is -0.610. The summed E-state index contributed by atoms with van der Waals surface area (Å²) in [5.74, 6) is 0.231. The Balaban J connectivity index is 2.29. The fraction of sp³-hybridized carbons (Fsp3) is 0.900. The smallest absolute Gasteiger partial charge is 0.223 e. The topological polar surface area (TPSA) is 81.1 Å². The van der Waals surface area contributed by atoms with Crippen molar-refractivity contribution in [1.82, 2.24) is 5.32 Å². The number of rotatable bonds is 3. The minimum Gasteiger partial charge on any atom is -0.354 e. The van der Waals surface area contributed by atoms with E-state index in [9.17, 15) is 4.79 Å². The SMILES string of the molecule is CC(N)CNC(=O)C1CCCC(N)C1. The van der Waals surface area contributed by atoms with E-state index >= 15 is 0 Å². The quantitative estimate of drug-likeness (QED) is 0.597. The average Bonchev–Trinajstić information content (AvgIpc) is 2.14. The molecular formula is C10H21N3O. The first-order valence-electron chi connectivity index (χ1n) is 5.38. The maximum atomic E-state index is 11.6. The molecule has 0 bridgehead atoms. The van der Waals surface area contributed by atoms with Gasteiger partial charge in [0.1, 0.15) is 0 Å². The molecule has 3 unspecified atom stereocenters. The zero-order valence-electron chi connectivity index (χ0n) is 8.83. The van der Waals surface area contributed by atoms with Gasteiger partial charge in [-0.1, -0.05) is 6.42 Å². The zero-order valence-corrected chi connectivity index (χ0v) is 8.83. The molecule has 1 rings (SSSR count). The summed E-state index contributed by atoms with van der Waals surface area (Å²) in [5, 5.41) is 2.85. The van der Waals surface area contributed by atoms with Crippen molar-refractivity contribution in [2.75, 3.05) is 6.54 Å². The molecule has 1 fully saturated rings. The lowest BCUT2D eigenvalue weighted by Gasteiger charge is -2.25. The molecule has 82 valence electrons. The van der Waals surface area contributed by atoms with E-state index in [-0.39, 0.29) is 23.9 Å². The molecule has 0 aromatic rings. The van der Waals surface area contributed by atoms with Crippen LogP contribution in [0.4, 0.5) is 0 Å². The number of nitrogens with two attached hydrogens (primary N) is 2. The molecular weight excluding hydrogens is 178 g/mol. The molecule has 3 atom stereocenters. The molecule has 1 aliphatic rings. The van der Waals surface area contributed by atoms with Gasteiger partial charge in [-0.2, -0.15) is 0 Å². The maximum Gasteiger partial charge on any atom is 0.223 e. The molecule has 5 N–H and O–H groups in total. The van der Waals surface area contributed by atoms with Crippen LogP contribution in [0.3, 0.4) is 0 Å². The number of amides is 1. The number of hydrogen-bond acceptors (Lipinski definition) is 3. The van der Waals surface area contributed by atoms with Crippen LogP contribution in [0.1, 0.15) is 32.6 Å². The van der Waals surface area contributed by atoms with E-state index in [1.807, 2.05) is 6.92 Å². The van der Waals surface area contributed by atoms with Crippen molar-refractivity contribution in [3.8, 4) is 0 Å². The molecule has 0 saturated heterocycles. The highest BCUT2D eigenvalue weighted by Gasteiger charge is 2.24. The van der Waals surface area contributed by atoms with Gasteiger partial charge in [0.05, 0.1) is 0 Å². The van der Waals surface area contributed by atoms with Gasteiger partial charge in [0, 0.05) is 24.5 Å². The molecule has 0 heterocycles. The summed E-state index contributed by atoms with van der Waals surface area (Å²) < 4.78 is 0. The number of carbonyl (C=O) groups is 1. The average molecular weight is 199 g/mol. The Kier molecular flexibility index (Phi) is 4.35. The van der Waals surface area contributed by atoms with Crippen molar-refractivity contribution in [1.29, 1.82) is 0 Å². The first-order chi connectivity index (χ1) is 6.59. The van der Waals surface area contributed by atoms with Crippen LogP contribution >= 0.6 is 0 Å².